The summed E-state index contributed by atoms with van der Waals surface area (Å²) in [4.78, 5) is 34.3. The van der Waals surface area contributed by atoms with E-state index >= 15 is 0 Å². The van der Waals surface area contributed by atoms with Crippen molar-refractivity contribution < 1.29 is 19.2 Å². The van der Waals surface area contributed by atoms with Gasteiger partial charge in [0.2, 0.25) is 0 Å². The molecule has 0 atom stereocenters. The first-order valence-electron chi connectivity index (χ1n) is 7.21. The predicted molar refractivity (Wildman–Crippen MR) is 90.2 cm³/mol. The van der Waals surface area contributed by atoms with Crippen molar-refractivity contribution in [3.05, 3.63) is 82.4 Å². The maximum absolute atomic E-state index is 12.2. The molecule has 8 heteroatoms. The second-order valence-electron chi connectivity index (χ2n) is 4.81. The molecule has 25 heavy (non-hydrogen) atoms. The van der Waals surface area contributed by atoms with Gasteiger partial charge in [0.15, 0.2) is 0 Å². The van der Waals surface area contributed by atoms with Crippen LogP contribution in [0.15, 0.2) is 61.2 Å². The monoisotopic (exact) mass is 341 g/mol. The third-order valence-electron chi connectivity index (χ3n) is 3.10. The maximum atomic E-state index is 12.2. The van der Waals surface area contributed by atoms with Gasteiger partial charge in [-0.3, -0.25) is 30.6 Å². The van der Waals surface area contributed by atoms with Gasteiger partial charge in [0.1, 0.15) is 12.4 Å². The van der Waals surface area contributed by atoms with Crippen LogP contribution in [0.1, 0.15) is 20.7 Å². The van der Waals surface area contributed by atoms with E-state index < -0.39 is 16.7 Å². The summed E-state index contributed by atoms with van der Waals surface area (Å²) in [6, 6.07) is 11.7. The maximum Gasteiger partial charge on any atom is 0.273 e. The molecular weight excluding hydrogens is 326 g/mol. The molecule has 0 spiro atoms. The van der Waals surface area contributed by atoms with Gasteiger partial charge in [0.25, 0.3) is 17.5 Å². The van der Waals surface area contributed by atoms with Crippen molar-refractivity contribution in [1.82, 2.24) is 10.9 Å². The minimum Gasteiger partial charge on any atom is -0.489 e. The molecule has 2 aromatic carbocycles. The smallest absolute Gasteiger partial charge is 0.273 e. The Bertz CT molecular complexity index is 819. The summed E-state index contributed by atoms with van der Waals surface area (Å²) < 4.78 is 5.37. The first-order valence-corrected chi connectivity index (χ1v) is 7.21. The lowest BCUT2D eigenvalue weighted by molar-refractivity contribution is -0.384. The Labute approximate surface area is 143 Å². The molecule has 0 aliphatic rings. The summed E-state index contributed by atoms with van der Waals surface area (Å²) in [5.74, 6) is -0.926. The van der Waals surface area contributed by atoms with E-state index in [1.54, 1.807) is 24.3 Å². The highest BCUT2D eigenvalue weighted by atomic mass is 16.6. The average molecular weight is 341 g/mol. The summed E-state index contributed by atoms with van der Waals surface area (Å²) >= 11 is 0. The summed E-state index contributed by atoms with van der Waals surface area (Å²) in [7, 11) is 0. The van der Waals surface area contributed by atoms with Crippen LogP contribution < -0.4 is 15.6 Å². The lowest BCUT2D eigenvalue weighted by Crippen LogP contribution is -2.41. The Kier molecular flexibility index (Phi) is 5.83. The second-order valence-corrected chi connectivity index (χ2v) is 4.81. The number of nitro benzene ring substituents is 1. The number of hydrogen-bond acceptors (Lipinski definition) is 5. The number of non-ortho nitro benzene ring substituents is 1. The minimum absolute atomic E-state index is 0.0469. The lowest BCUT2D eigenvalue weighted by Gasteiger charge is -2.11. The standard InChI is InChI=1S/C17H15N3O5/c1-2-10-25-15-9-4-3-8-14(15)17(22)19-18-16(21)12-6-5-7-13(11-12)20(23)24/h2-9,11H,1,10H2,(H,18,21)(H,19,22). The quantitative estimate of drug-likeness (QED) is 0.475. The first-order chi connectivity index (χ1) is 12.0. The Balaban J connectivity index is 2.05. The van der Waals surface area contributed by atoms with Crippen molar-refractivity contribution in [2.45, 2.75) is 0 Å². The van der Waals surface area contributed by atoms with Crippen LogP contribution in [0.5, 0.6) is 5.75 Å². The third-order valence-corrected chi connectivity index (χ3v) is 3.10. The highest BCUT2D eigenvalue weighted by Crippen LogP contribution is 2.17. The molecule has 0 aromatic heterocycles. The molecule has 0 saturated carbocycles. The van der Waals surface area contributed by atoms with Gasteiger partial charge in [-0.15, -0.1) is 0 Å². The molecule has 0 bridgehead atoms. The normalized spacial score (nSPS) is 9.76. The zero-order valence-corrected chi connectivity index (χ0v) is 13.1. The number of amides is 2. The van der Waals surface area contributed by atoms with E-state index in [2.05, 4.69) is 17.4 Å². The number of rotatable bonds is 6. The highest BCUT2D eigenvalue weighted by Gasteiger charge is 2.15. The molecule has 0 heterocycles. The van der Waals surface area contributed by atoms with Crippen molar-refractivity contribution in [3.63, 3.8) is 0 Å². The van der Waals surface area contributed by atoms with Gasteiger partial charge in [-0.2, -0.15) is 0 Å². The molecule has 2 aromatic rings. The van der Waals surface area contributed by atoms with Crippen molar-refractivity contribution >= 4 is 17.5 Å². The molecule has 0 fully saturated rings. The molecule has 0 radical (unpaired) electrons. The van der Waals surface area contributed by atoms with E-state index in [1.165, 1.54) is 24.3 Å². The number of nitrogens with zero attached hydrogens (tertiary/aromatic N) is 1. The number of hydrogen-bond donors (Lipinski definition) is 2. The number of carbonyl (C=O) groups excluding carboxylic acids is 2. The Morgan fingerprint density at radius 2 is 1.84 bits per heavy atom. The largest absolute Gasteiger partial charge is 0.489 e. The molecule has 0 aliphatic heterocycles. The molecule has 128 valence electrons. The Hall–Kier alpha value is -3.68. The minimum atomic E-state index is -0.679. The van der Waals surface area contributed by atoms with Crippen LogP contribution in [0.2, 0.25) is 0 Å². The van der Waals surface area contributed by atoms with E-state index in [0.29, 0.717) is 5.75 Å². The molecule has 0 saturated heterocycles. The Morgan fingerprint density at radius 3 is 2.56 bits per heavy atom. The summed E-state index contributed by atoms with van der Waals surface area (Å²) in [5, 5.41) is 10.7. The lowest BCUT2D eigenvalue weighted by atomic mass is 10.2. The van der Waals surface area contributed by atoms with E-state index in [1.807, 2.05) is 0 Å². The van der Waals surface area contributed by atoms with Crippen molar-refractivity contribution in [2.24, 2.45) is 0 Å². The zero-order valence-electron chi connectivity index (χ0n) is 13.1. The number of ether oxygens (including phenoxy) is 1. The number of hydrazine groups is 1. The molecule has 2 N–H and O–H groups in total. The second kappa shape index (κ2) is 8.25. The predicted octanol–water partition coefficient (Wildman–Crippen LogP) is 2.23. The fourth-order valence-electron chi connectivity index (χ4n) is 1.94. The number of benzene rings is 2. The molecule has 0 aliphatic carbocycles. The molecular formula is C17H15N3O5. The van der Waals surface area contributed by atoms with E-state index in [9.17, 15) is 19.7 Å². The van der Waals surface area contributed by atoms with Crippen LogP contribution in [0.4, 0.5) is 5.69 Å². The third kappa shape index (κ3) is 4.64. The molecule has 2 amide bonds. The fourth-order valence-corrected chi connectivity index (χ4v) is 1.94. The van der Waals surface area contributed by atoms with Gasteiger partial charge in [0.05, 0.1) is 10.5 Å². The number of nitro groups is 1. The van der Waals surface area contributed by atoms with Crippen molar-refractivity contribution in [1.29, 1.82) is 0 Å². The Morgan fingerprint density at radius 1 is 1.12 bits per heavy atom. The first kappa shape index (κ1) is 17.7. The van der Waals surface area contributed by atoms with Gasteiger partial charge >= 0.3 is 0 Å². The highest BCUT2D eigenvalue weighted by molar-refractivity contribution is 6.00. The van der Waals surface area contributed by atoms with E-state index in [4.69, 9.17) is 4.74 Å². The number of nitrogens with one attached hydrogen (secondary N) is 2. The van der Waals surface area contributed by atoms with Crippen LogP contribution in [0.3, 0.4) is 0 Å². The fraction of sp³-hybridized carbons (Fsp3) is 0.0588. The SMILES string of the molecule is C=CCOc1ccccc1C(=O)NNC(=O)c1cccc([N+](=O)[O-])c1. The molecule has 8 nitrogen and oxygen atoms in total. The van der Waals surface area contributed by atoms with Gasteiger partial charge in [-0.25, -0.2) is 0 Å². The molecule has 2 rings (SSSR count). The van der Waals surface area contributed by atoms with Gasteiger partial charge in [-0.05, 0) is 18.2 Å². The van der Waals surface area contributed by atoms with Gasteiger partial charge in [-0.1, -0.05) is 30.9 Å². The zero-order chi connectivity index (χ0) is 18.2. The van der Waals surface area contributed by atoms with Crippen LogP contribution in [-0.4, -0.2) is 23.3 Å². The molecule has 0 unspecified atom stereocenters. The number of carbonyl (C=O) groups is 2. The van der Waals surface area contributed by atoms with Crippen LogP contribution in [-0.2, 0) is 0 Å². The topological polar surface area (TPSA) is 111 Å². The average Bonchev–Trinajstić information content (AvgIpc) is 2.64. The summed E-state index contributed by atoms with van der Waals surface area (Å²) in [5.41, 5.74) is 4.51. The summed E-state index contributed by atoms with van der Waals surface area (Å²) in [6.45, 7) is 3.76. The number of para-hydroxylation sites is 1. The van der Waals surface area contributed by atoms with Crippen molar-refractivity contribution in [3.8, 4) is 5.75 Å². The van der Waals surface area contributed by atoms with Crippen LogP contribution >= 0.6 is 0 Å². The van der Waals surface area contributed by atoms with Crippen molar-refractivity contribution in [2.75, 3.05) is 6.61 Å². The van der Waals surface area contributed by atoms with Gasteiger partial charge in [0, 0.05) is 17.7 Å². The van der Waals surface area contributed by atoms with Crippen LogP contribution in [0.25, 0.3) is 0 Å². The van der Waals surface area contributed by atoms with E-state index in [0.717, 1.165) is 6.07 Å². The van der Waals surface area contributed by atoms with E-state index in [-0.39, 0.29) is 23.4 Å². The van der Waals surface area contributed by atoms with Crippen LogP contribution in [0, 0.1) is 10.1 Å². The summed E-state index contributed by atoms with van der Waals surface area (Å²) in [6.07, 6.45) is 1.54. The van der Waals surface area contributed by atoms with Gasteiger partial charge < -0.3 is 4.74 Å².